The molecule has 0 heterocycles. The first-order valence-electron chi connectivity index (χ1n) is 6.61. The number of rotatable bonds is 5. The number of aryl methyl sites for hydroxylation is 1. The van der Waals surface area contributed by atoms with Crippen LogP contribution in [0.4, 0.5) is 0 Å². The second-order valence-electron chi connectivity index (χ2n) is 4.66. The van der Waals surface area contributed by atoms with Crippen LogP contribution < -0.4 is 0 Å². The molecule has 0 aliphatic rings. The van der Waals surface area contributed by atoms with Gasteiger partial charge in [-0.05, 0) is 37.5 Å². The van der Waals surface area contributed by atoms with Crippen molar-refractivity contribution >= 4 is 9.84 Å². The van der Waals surface area contributed by atoms with Gasteiger partial charge in [0.15, 0.2) is 0 Å². The molecule has 0 aliphatic heterocycles. The smallest absolute Gasteiger partial charge is 0.202 e. The summed E-state index contributed by atoms with van der Waals surface area (Å²) < 4.78 is 24.6. The van der Waals surface area contributed by atoms with Crippen molar-refractivity contribution < 1.29 is 8.42 Å². The van der Waals surface area contributed by atoms with Crippen LogP contribution in [0.5, 0.6) is 0 Å². The molecular formula is C17H18O2S. The molecule has 2 rings (SSSR count). The summed E-state index contributed by atoms with van der Waals surface area (Å²) in [6.45, 7) is 1.66. The Labute approximate surface area is 120 Å². The minimum Gasteiger partial charge on any atom is -0.219 e. The van der Waals surface area contributed by atoms with E-state index in [1.54, 1.807) is 37.3 Å². The number of sulfone groups is 1. The quantitative estimate of drug-likeness (QED) is 0.832. The van der Waals surface area contributed by atoms with Crippen LogP contribution in [-0.4, -0.2) is 8.42 Å². The monoisotopic (exact) mass is 286 g/mol. The fraction of sp³-hybridized carbons (Fsp3) is 0.176. The first kappa shape index (κ1) is 14.5. The molecule has 104 valence electrons. The maximum atomic E-state index is 12.3. The van der Waals surface area contributed by atoms with Crippen molar-refractivity contribution in [3.8, 4) is 0 Å². The lowest BCUT2D eigenvalue weighted by atomic mass is 10.1. The Balaban J connectivity index is 2.07. The van der Waals surface area contributed by atoms with Gasteiger partial charge in [0.05, 0.1) is 4.90 Å². The zero-order chi connectivity index (χ0) is 14.4. The Hall–Kier alpha value is -1.87. The predicted molar refractivity (Wildman–Crippen MR) is 82.1 cm³/mol. The van der Waals surface area contributed by atoms with E-state index in [4.69, 9.17) is 0 Å². The van der Waals surface area contributed by atoms with Crippen molar-refractivity contribution in [3.63, 3.8) is 0 Å². The van der Waals surface area contributed by atoms with Gasteiger partial charge in [-0.2, -0.15) is 0 Å². The molecule has 0 bridgehead atoms. The van der Waals surface area contributed by atoms with Gasteiger partial charge in [-0.1, -0.05) is 54.6 Å². The molecule has 0 saturated heterocycles. The minimum atomic E-state index is -3.33. The molecule has 0 fully saturated rings. The molecule has 0 unspecified atom stereocenters. The summed E-state index contributed by atoms with van der Waals surface area (Å²) in [5, 5.41) is 0. The average molecular weight is 286 g/mol. The molecule has 2 aromatic rings. The van der Waals surface area contributed by atoms with Gasteiger partial charge >= 0.3 is 0 Å². The van der Waals surface area contributed by atoms with Gasteiger partial charge in [0.25, 0.3) is 0 Å². The van der Waals surface area contributed by atoms with E-state index in [1.807, 2.05) is 24.3 Å². The van der Waals surface area contributed by atoms with E-state index in [0.717, 1.165) is 12.8 Å². The molecule has 0 amide bonds. The molecular weight excluding hydrogens is 268 g/mol. The summed E-state index contributed by atoms with van der Waals surface area (Å²) in [5.74, 6) is 0. The summed E-state index contributed by atoms with van der Waals surface area (Å²) in [6.07, 6.45) is 3.37. The van der Waals surface area contributed by atoms with Gasteiger partial charge in [0, 0.05) is 4.91 Å². The van der Waals surface area contributed by atoms with Gasteiger partial charge in [-0.15, -0.1) is 0 Å². The standard InChI is InChI=1S/C17H18O2S/c1-15(9-8-12-16-10-4-2-5-11-16)20(18,19)17-13-6-3-7-14-17/h2-7,9-11,13-14H,8,12H2,1H3/b15-9+. The molecule has 0 aliphatic carbocycles. The zero-order valence-corrected chi connectivity index (χ0v) is 12.3. The third kappa shape index (κ3) is 3.58. The fourth-order valence-electron chi connectivity index (χ4n) is 1.98. The van der Waals surface area contributed by atoms with Crippen LogP contribution in [0.25, 0.3) is 0 Å². The first-order chi connectivity index (χ1) is 9.60. The number of hydrogen-bond donors (Lipinski definition) is 0. The largest absolute Gasteiger partial charge is 0.219 e. The summed E-state index contributed by atoms with van der Waals surface area (Å²) in [6, 6.07) is 18.6. The highest BCUT2D eigenvalue weighted by Gasteiger charge is 2.15. The third-order valence-corrected chi connectivity index (χ3v) is 5.09. The van der Waals surface area contributed by atoms with E-state index in [-0.39, 0.29) is 0 Å². The van der Waals surface area contributed by atoms with E-state index < -0.39 is 9.84 Å². The Morgan fingerprint density at radius 1 is 0.950 bits per heavy atom. The number of benzene rings is 2. The van der Waals surface area contributed by atoms with Crippen LogP contribution in [0.1, 0.15) is 18.9 Å². The van der Waals surface area contributed by atoms with E-state index in [1.165, 1.54) is 5.56 Å². The van der Waals surface area contributed by atoms with E-state index in [9.17, 15) is 8.42 Å². The molecule has 2 aromatic carbocycles. The van der Waals surface area contributed by atoms with Crippen molar-refractivity contribution in [1.82, 2.24) is 0 Å². The van der Waals surface area contributed by atoms with Crippen molar-refractivity contribution in [1.29, 1.82) is 0 Å². The summed E-state index contributed by atoms with van der Waals surface area (Å²) >= 11 is 0. The van der Waals surface area contributed by atoms with Crippen molar-refractivity contribution in [2.24, 2.45) is 0 Å². The Kier molecular flexibility index (Phi) is 4.74. The molecule has 3 heteroatoms. The molecule has 0 spiro atoms. The number of allylic oxidation sites excluding steroid dienone is 2. The SMILES string of the molecule is C/C(=C\CCc1ccccc1)S(=O)(=O)c1ccccc1. The Morgan fingerprint density at radius 3 is 2.10 bits per heavy atom. The second-order valence-corrected chi connectivity index (χ2v) is 6.78. The van der Waals surface area contributed by atoms with Crippen LogP contribution in [0.15, 0.2) is 76.5 Å². The lowest BCUT2D eigenvalue weighted by molar-refractivity contribution is 0.601. The van der Waals surface area contributed by atoms with Gasteiger partial charge in [-0.3, -0.25) is 0 Å². The molecule has 0 radical (unpaired) electrons. The molecule has 0 saturated carbocycles. The fourth-order valence-corrected chi connectivity index (χ4v) is 3.21. The maximum absolute atomic E-state index is 12.3. The highest BCUT2D eigenvalue weighted by Crippen LogP contribution is 2.19. The predicted octanol–water partition coefficient (Wildman–Crippen LogP) is 4.00. The number of hydrogen-bond acceptors (Lipinski definition) is 2. The first-order valence-corrected chi connectivity index (χ1v) is 8.10. The molecule has 0 atom stereocenters. The molecule has 20 heavy (non-hydrogen) atoms. The minimum absolute atomic E-state index is 0.355. The van der Waals surface area contributed by atoms with E-state index in [0.29, 0.717) is 9.80 Å². The molecule has 2 nitrogen and oxygen atoms in total. The van der Waals surface area contributed by atoms with Crippen LogP contribution in [0, 0.1) is 0 Å². The van der Waals surface area contributed by atoms with E-state index in [2.05, 4.69) is 12.1 Å². The van der Waals surface area contributed by atoms with E-state index >= 15 is 0 Å². The summed E-state index contributed by atoms with van der Waals surface area (Å²) in [7, 11) is -3.33. The lowest BCUT2D eigenvalue weighted by Gasteiger charge is -2.04. The topological polar surface area (TPSA) is 34.1 Å². The highest BCUT2D eigenvalue weighted by molar-refractivity contribution is 7.95. The van der Waals surface area contributed by atoms with Crippen LogP contribution in [-0.2, 0) is 16.3 Å². The lowest BCUT2D eigenvalue weighted by Crippen LogP contribution is -2.02. The van der Waals surface area contributed by atoms with Gasteiger partial charge < -0.3 is 0 Å². The zero-order valence-electron chi connectivity index (χ0n) is 11.5. The van der Waals surface area contributed by atoms with Crippen molar-refractivity contribution in [2.45, 2.75) is 24.7 Å². The van der Waals surface area contributed by atoms with Gasteiger partial charge in [-0.25, -0.2) is 8.42 Å². The second kappa shape index (κ2) is 6.53. The van der Waals surface area contributed by atoms with Crippen LogP contribution in [0.2, 0.25) is 0 Å². The van der Waals surface area contributed by atoms with Crippen molar-refractivity contribution in [3.05, 3.63) is 77.2 Å². The third-order valence-electron chi connectivity index (χ3n) is 3.19. The summed E-state index contributed by atoms with van der Waals surface area (Å²) in [4.78, 5) is 0.771. The maximum Gasteiger partial charge on any atom is 0.202 e. The molecule has 0 N–H and O–H groups in total. The highest BCUT2D eigenvalue weighted by atomic mass is 32.2. The Bertz CT molecular complexity index is 671. The van der Waals surface area contributed by atoms with Crippen LogP contribution >= 0.6 is 0 Å². The van der Waals surface area contributed by atoms with Crippen molar-refractivity contribution in [2.75, 3.05) is 0 Å². The normalized spacial score (nSPS) is 12.3. The van der Waals surface area contributed by atoms with Gasteiger partial charge in [0.2, 0.25) is 9.84 Å². The average Bonchev–Trinajstić information content (AvgIpc) is 2.49. The summed E-state index contributed by atoms with van der Waals surface area (Å²) in [5.41, 5.74) is 1.22. The van der Waals surface area contributed by atoms with Crippen LogP contribution in [0.3, 0.4) is 0 Å². The molecule has 0 aromatic heterocycles. The Morgan fingerprint density at radius 2 is 1.50 bits per heavy atom. The van der Waals surface area contributed by atoms with Gasteiger partial charge in [0.1, 0.15) is 0 Å².